The molecule has 0 atom stereocenters. The Morgan fingerprint density at radius 3 is 2.32 bits per heavy atom. The van der Waals surface area contributed by atoms with Gasteiger partial charge in [-0.15, -0.1) is 0 Å². The van der Waals surface area contributed by atoms with Crippen LogP contribution in [0, 0.1) is 0 Å². The Kier molecular flexibility index (Phi) is 3.61. The summed E-state index contributed by atoms with van der Waals surface area (Å²) in [6.45, 7) is 0. The van der Waals surface area contributed by atoms with Crippen molar-refractivity contribution in [1.29, 1.82) is 0 Å². The van der Waals surface area contributed by atoms with Crippen molar-refractivity contribution in [2.45, 2.75) is 0 Å². The first-order valence-corrected chi connectivity index (χ1v) is 5.51. The van der Waals surface area contributed by atoms with Gasteiger partial charge >= 0.3 is 5.97 Å². The number of rotatable bonds is 3. The first kappa shape index (κ1) is 12.8. The van der Waals surface area contributed by atoms with E-state index in [-0.39, 0.29) is 11.3 Å². The van der Waals surface area contributed by atoms with E-state index in [1.54, 1.807) is 31.4 Å². The molecule has 0 fully saturated rings. The van der Waals surface area contributed by atoms with Crippen molar-refractivity contribution in [3.05, 3.63) is 52.4 Å². The zero-order valence-corrected chi connectivity index (χ0v) is 10.5. The average molecular weight is 260 g/mol. The van der Waals surface area contributed by atoms with Gasteiger partial charge < -0.3 is 9.47 Å². The molecule has 1 aromatic carbocycles. The van der Waals surface area contributed by atoms with Crippen LogP contribution in [0.25, 0.3) is 0 Å². The minimum absolute atomic E-state index is 0.0675. The molecule has 2 aromatic rings. The van der Waals surface area contributed by atoms with Crippen molar-refractivity contribution in [3.63, 3.8) is 0 Å². The number of benzene rings is 1. The Balaban J connectivity index is 2.15. The third-order valence-electron chi connectivity index (χ3n) is 2.44. The Hall–Kier alpha value is -2.63. The van der Waals surface area contributed by atoms with E-state index in [1.807, 2.05) is 0 Å². The Morgan fingerprint density at radius 2 is 1.74 bits per heavy atom. The summed E-state index contributed by atoms with van der Waals surface area (Å²) in [5, 5.41) is 3.81. The van der Waals surface area contributed by atoms with Gasteiger partial charge in [-0.25, -0.2) is 9.48 Å². The fourth-order valence-electron chi connectivity index (χ4n) is 1.41. The molecule has 0 N–H and O–H groups in total. The number of hydrogen-bond donors (Lipinski definition) is 0. The summed E-state index contributed by atoms with van der Waals surface area (Å²) >= 11 is 0. The van der Waals surface area contributed by atoms with Crippen molar-refractivity contribution in [1.82, 2.24) is 9.78 Å². The van der Waals surface area contributed by atoms with Gasteiger partial charge in [-0.3, -0.25) is 4.79 Å². The molecule has 98 valence electrons. The standard InChI is InChI=1S/C13H12N2O4/c1-15-12(16)8-7-11(14-15)13(17)19-10-5-3-9(18-2)4-6-10/h3-8H,1-2H3. The van der Waals surface area contributed by atoms with E-state index in [9.17, 15) is 9.59 Å². The van der Waals surface area contributed by atoms with Crippen LogP contribution < -0.4 is 15.0 Å². The van der Waals surface area contributed by atoms with Crippen molar-refractivity contribution in [3.8, 4) is 11.5 Å². The lowest BCUT2D eigenvalue weighted by Crippen LogP contribution is -2.22. The second-order valence-corrected chi connectivity index (χ2v) is 3.75. The molecule has 0 amide bonds. The van der Waals surface area contributed by atoms with Gasteiger partial charge in [0, 0.05) is 13.1 Å². The number of carbonyl (C=O) groups excluding carboxylic acids is 1. The summed E-state index contributed by atoms with van der Waals surface area (Å²) < 4.78 is 11.2. The van der Waals surface area contributed by atoms with Crippen molar-refractivity contribution in [2.24, 2.45) is 7.05 Å². The van der Waals surface area contributed by atoms with E-state index in [2.05, 4.69) is 5.10 Å². The Labute approximate surface area is 109 Å². The van der Waals surface area contributed by atoms with Crippen molar-refractivity contribution >= 4 is 5.97 Å². The summed E-state index contributed by atoms with van der Waals surface area (Å²) in [5.74, 6) is 0.419. The average Bonchev–Trinajstić information content (AvgIpc) is 2.42. The molecule has 19 heavy (non-hydrogen) atoms. The zero-order chi connectivity index (χ0) is 13.8. The molecule has 0 aliphatic rings. The van der Waals surface area contributed by atoms with Crippen LogP contribution in [0.4, 0.5) is 0 Å². The number of methoxy groups -OCH3 is 1. The highest BCUT2D eigenvalue weighted by Gasteiger charge is 2.11. The molecular weight excluding hydrogens is 248 g/mol. The topological polar surface area (TPSA) is 70.4 Å². The highest BCUT2D eigenvalue weighted by molar-refractivity contribution is 5.88. The second-order valence-electron chi connectivity index (χ2n) is 3.75. The number of nitrogens with zero attached hydrogens (tertiary/aromatic N) is 2. The largest absolute Gasteiger partial charge is 0.497 e. The maximum Gasteiger partial charge on any atom is 0.364 e. The number of hydrogen-bond acceptors (Lipinski definition) is 5. The molecule has 0 bridgehead atoms. The maximum absolute atomic E-state index is 11.8. The summed E-state index contributed by atoms with van der Waals surface area (Å²) in [5.41, 5.74) is -0.223. The van der Waals surface area contributed by atoms with E-state index in [0.717, 1.165) is 4.68 Å². The van der Waals surface area contributed by atoms with E-state index < -0.39 is 5.97 Å². The lowest BCUT2D eigenvalue weighted by molar-refractivity contribution is 0.0725. The minimum Gasteiger partial charge on any atom is -0.497 e. The first-order chi connectivity index (χ1) is 9.10. The second kappa shape index (κ2) is 5.34. The van der Waals surface area contributed by atoms with Crippen LogP contribution in [-0.4, -0.2) is 22.9 Å². The molecule has 0 radical (unpaired) electrons. The molecule has 0 aliphatic heterocycles. The maximum atomic E-state index is 11.8. The van der Waals surface area contributed by atoms with Gasteiger partial charge in [0.25, 0.3) is 5.56 Å². The summed E-state index contributed by atoms with van der Waals surface area (Å²) in [7, 11) is 3.02. The van der Waals surface area contributed by atoms with Gasteiger partial charge in [0.05, 0.1) is 7.11 Å². The quantitative estimate of drug-likeness (QED) is 0.608. The predicted octanol–water partition coefficient (Wildman–Crippen LogP) is 1.01. The molecule has 1 heterocycles. The summed E-state index contributed by atoms with van der Waals surface area (Å²) in [6, 6.07) is 9.16. The molecule has 2 rings (SSSR count). The fourth-order valence-corrected chi connectivity index (χ4v) is 1.41. The normalized spacial score (nSPS) is 10.0. The predicted molar refractivity (Wildman–Crippen MR) is 67.4 cm³/mol. The van der Waals surface area contributed by atoms with Crippen molar-refractivity contribution < 1.29 is 14.3 Å². The highest BCUT2D eigenvalue weighted by Crippen LogP contribution is 2.17. The first-order valence-electron chi connectivity index (χ1n) is 5.51. The lowest BCUT2D eigenvalue weighted by atomic mass is 10.3. The van der Waals surface area contributed by atoms with Gasteiger partial charge in [0.15, 0.2) is 5.69 Å². The molecule has 1 aromatic heterocycles. The van der Waals surface area contributed by atoms with Gasteiger partial charge in [-0.05, 0) is 30.3 Å². The Morgan fingerprint density at radius 1 is 1.11 bits per heavy atom. The van der Waals surface area contributed by atoms with E-state index in [1.165, 1.54) is 19.2 Å². The van der Waals surface area contributed by atoms with Gasteiger partial charge in [0.2, 0.25) is 0 Å². The summed E-state index contributed by atoms with van der Waals surface area (Å²) in [4.78, 5) is 23.0. The third kappa shape index (κ3) is 2.98. The van der Waals surface area contributed by atoms with Crippen LogP contribution in [0.2, 0.25) is 0 Å². The van der Waals surface area contributed by atoms with Gasteiger partial charge in [-0.1, -0.05) is 0 Å². The SMILES string of the molecule is COc1ccc(OC(=O)c2ccc(=O)n(C)n2)cc1. The Bertz CT molecular complexity index is 646. The van der Waals surface area contributed by atoms with Crippen LogP contribution in [0.15, 0.2) is 41.2 Å². The monoisotopic (exact) mass is 260 g/mol. The van der Waals surface area contributed by atoms with E-state index in [0.29, 0.717) is 11.5 Å². The molecule has 0 spiro atoms. The van der Waals surface area contributed by atoms with Crippen LogP contribution in [-0.2, 0) is 7.05 Å². The van der Waals surface area contributed by atoms with Crippen LogP contribution in [0.1, 0.15) is 10.5 Å². The zero-order valence-electron chi connectivity index (χ0n) is 10.5. The van der Waals surface area contributed by atoms with Gasteiger partial charge in [-0.2, -0.15) is 5.10 Å². The smallest absolute Gasteiger partial charge is 0.364 e. The number of aromatic nitrogens is 2. The fraction of sp³-hybridized carbons (Fsp3) is 0.154. The molecule has 6 nitrogen and oxygen atoms in total. The molecule has 0 unspecified atom stereocenters. The molecule has 0 saturated carbocycles. The lowest BCUT2D eigenvalue weighted by Gasteiger charge is -2.05. The van der Waals surface area contributed by atoms with Crippen LogP contribution in [0.5, 0.6) is 11.5 Å². The van der Waals surface area contributed by atoms with E-state index >= 15 is 0 Å². The minimum atomic E-state index is -0.624. The van der Waals surface area contributed by atoms with Crippen LogP contribution >= 0.6 is 0 Å². The molecular formula is C13H12N2O4. The van der Waals surface area contributed by atoms with Crippen molar-refractivity contribution in [2.75, 3.05) is 7.11 Å². The third-order valence-corrected chi connectivity index (χ3v) is 2.44. The number of aryl methyl sites for hydroxylation is 1. The number of esters is 1. The molecule has 0 saturated heterocycles. The number of carbonyl (C=O) groups is 1. The summed E-state index contributed by atoms with van der Waals surface area (Å²) in [6.07, 6.45) is 0. The molecule has 6 heteroatoms. The number of ether oxygens (including phenoxy) is 2. The molecule has 0 aliphatic carbocycles. The highest BCUT2D eigenvalue weighted by atomic mass is 16.5. The van der Waals surface area contributed by atoms with Crippen LogP contribution in [0.3, 0.4) is 0 Å². The van der Waals surface area contributed by atoms with E-state index in [4.69, 9.17) is 9.47 Å². The van der Waals surface area contributed by atoms with Gasteiger partial charge in [0.1, 0.15) is 11.5 Å².